The van der Waals surface area contributed by atoms with Crippen LogP contribution in [0.15, 0.2) is 0 Å². The lowest BCUT2D eigenvalue weighted by atomic mass is 9.99. The number of hydrogen-bond acceptors (Lipinski definition) is 1. The van der Waals surface area contributed by atoms with E-state index in [1.165, 1.54) is 25.7 Å². The number of likely N-dealkylation sites (tertiary alicyclic amines) is 1. The van der Waals surface area contributed by atoms with E-state index < -0.39 is 0 Å². The highest BCUT2D eigenvalue weighted by atomic mass is 15.2. The summed E-state index contributed by atoms with van der Waals surface area (Å²) in [6, 6.07) is 1.63. The molecule has 0 saturated carbocycles. The second-order valence-electron chi connectivity index (χ2n) is 4.00. The van der Waals surface area contributed by atoms with Crippen LogP contribution in [0.4, 0.5) is 0 Å². The van der Waals surface area contributed by atoms with E-state index in [1.54, 1.807) is 0 Å². The van der Waals surface area contributed by atoms with E-state index in [-0.39, 0.29) is 0 Å². The van der Waals surface area contributed by atoms with E-state index in [4.69, 9.17) is 0 Å². The van der Waals surface area contributed by atoms with E-state index in [0.29, 0.717) is 0 Å². The molecule has 1 rings (SSSR count). The molecule has 74 valence electrons. The number of nitrogens with zero attached hydrogens (tertiary/aromatic N) is 1. The van der Waals surface area contributed by atoms with Gasteiger partial charge in [-0.2, -0.15) is 0 Å². The summed E-state index contributed by atoms with van der Waals surface area (Å²) < 4.78 is 0. The number of rotatable bonds is 0. The molecule has 1 aliphatic rings. The highest BCUT2D eigenvalue weighted by Crippen LogP contribution is 2.19. The molecule has 1 fully saturated rings. The average Bonchev–Trinajstić information content (AvgIpc) is 2.02. The predicted octanol–water partition coefficient (Wildman–Crippen LogP) is 3.30. The molecule has 0 N–H and O–H groups in total. The van der Waals surface area contributed by atoms with Crippen molar-refractivity contribution in [3.05, 3.63) is 0 Å². The fourth-order valence-corrected chi connectivity index (χ4v) is 1.55. The molecule has 1 aliphatic heterocycles. The maximum atomic E-state index is 2.48. The van der Waals surface area contributed by atoms with Crippen LogP contribution in [0.25, 0.3) is 0 Å². The first-order chi connectivity index (χ1) is 5.63. The first-order valence-electron chi connectivity index (χ1n) is 5.35. The summed E-state index contributed by atoms with van der Waals surface area (Å²) in [4.78, 5) is 2.48. The van der Waals surface area contributed by atoms with Gasteiger partial charge >= 0.3 is 0 Å². The Balaban J connectivity index is 0.000000354. The van der Waals surface area contributed by atoms with Gasteiger partial charge in [0.25, 0.3) is 0 Å². The second kappa shape index (κ2) is 6.47. The number of hydrogen-bond donors (Lipinski definition) is 0. The van der Waals surface area contributed by atoms with Crippen LogP contribution < -0.4 is 0 Å². The molecule has 1 heterocycles. The molecule has 0 aromatic rings. The third-order valence-electron chi connectivity index (χ3n) is 2.63. The summed E-state index contributed by atoms with van der Waals surface area (Å²) in [6.07, 6.45) is 5.45. The Hall–Kier alpha value is -0.0400. The molecule has 1 heteroatoms. The molecule has 0 radical (unpaired) electrons. The fourth-order valence-electron chi connectivity index (χ4n) is 1.55. The smallest absolute Gasteiger partial charge is 0.00667 e. The maximum Gasteiger partial charge on any atom is 0.00667 e. The van der Waals surface area contributed by atoms with Gasteiger partial charge in [-0.1, -0.05) is 26.7 Å². The van der Waals surface area contributed by atoms with Crippen LogP contribution in [0.1, 0.15) is 53.4 Å². The minimum Gasteiger partial charge on any atom is -0.301 e. The van der Waals surface area contributed by atoms with Gasteiger partial charge in [0, 0.05) is 12.1 Å². The molecule has 1 nitrogen and oxygen atoms in total. The van der Waals surface area contributed by atoms with Crippen LogP contribution in [0, 0.1) is 0 Å². The van der Waals surface area contributed by atoms with Crippen molar-refractivity contribution in [2.45, 2.75) is 65.5 Å². The van der Waals surface area contributed by atoms with E-state index in [1.807, 2.05) is 0 Å². The topological polar surface area (TPSA) is 3.24 Å². The van der Waals surface area contributed by atoms with Crippen molar-refractivity contribution in [2.24, 2.45) is 0 Å². The van der Waals surface area contributed by atoms with Gasteiger partial charge in [0.15, 0.2) is 0 Å². The zero-order chi connectivity index (χ0) is 9.56. The first kappa shape index (κ1) is 12.0. The minimum absolute atomic E-state index is 0.814. The molecule has 0 aromatic carbocycles. The zero-order valence-corrected chi connectivity index (χ0v) is 9.43. The maximum absolute atomic E-state index is 2.48. The monoisotopic (exact) mass is 171 g/mol. The molecular formula is C11H25N. The number of piperidine rings is 1. The van der Waals surface area contributed by atoms with Crippen molar-refractivity contribution in [1.29, 1.82) is 0 Å². The van der Waals surface area contributed by atoms with Crippen LogP contribution >= 0.6 is 0 Å². The molecule has 0 aromatic heterocycles. The van der Waals surface area contributed by atoms with Gasteiger partial charge in [-0.25, -0.2) is 0 Å². The third kappa shape index (κ3) is 4.10. The quantitative estimate of drug-likeness (QED) is 0.540. The Bertz CT molecular complexity index is 91.2. The summed E-state index contributed by atoms with van der Waals surface area (Å²) in [6.45, 7) is 8.88. The Labute approximate surface area is 78.1 Å². The molecule has 0 spiro atoms. The van der Waals surface area contributed by atoms with Crippen molar-refractivity contribution < 1.29 is 0 Å². The molecule has 2 unspecified atom stereocenters. The Morgan fingerprint density at radius 1 is 1.08 bits per heavy atom. The van der Waals surface area contributed by atoms with Crippen LogP contribution in [0.2, 0.25) is 0 Å². The van der Waals surface area contributed by atoms with Gasteiger partial charge < -0.3 is 4.90 Å². The molecule has 0 aliphatic carbocycles. The molecule has 0 bridgehead atoms. The van der Waals surface area contributed by atoms with Crippen LogP contribution in [0.3, 0.4) is 0 Å². The SMILES string of the molecule is CC1CCCC(C)N1C.CCC. The summed E-state index contributed by atoms with van der Waals surface area (Å²) in [5.41, 5.74) is 0. The van der Waals surface area contributed by atoms with Gasteiger partial charge in [0.05, 0.1) is 0 Å². The van der Waals surface area contributed by atoms with Crippen molar-refractivity contribution >= 4 is 0 Å². The van der Waals surface area contributed by atoms with E-state index in [0.717, 1.165) is 12.1 Å². The van der Waals surface area contributed by atoms with E-state index in [9.17, 15) is 0 Å². The largest absolute Gasteiger partial charge is 0.301 e. The van der Waals surface area contributed by atoms with Gasteiger partial charge in [-0.3, -0.25) is 0 Å². The molecule has 2 atom stereocenters. The van der Waals surface area contributed by atoms with Crippen LogP contribution in [-0.2, 0) is 0 Å². The summed E-state index contributed by atoms with van der Waals surface area (Å²) in [5, 5.41) is 0. The Kier molecular flexibility index (Phi) is 6.45. The van der Waals surface area contributed by atoms with Crippen LogP contribution in [-0.4, -0.2) is 24.0 Å². The van der Waals surface area contributed by atoms with Crippen molar-refractivity contribution in [1.82, 2.24) is 4.90 Å². The van der Waals surface area contributed by atoms with Gasteiger partial charge in [-0.05, 0) is 33.7 Å². The predicted molar refractivity (Wildman–Crippen MR) is 56.5 cm³/mol. The van der Waals surface area contributed by atoms with Gasteiger partial charge in [-0.15, -0.1) is 0 Å². The minimum atomic E-state index is 0.814. The highest BCUT2D eigenvalue weighted by molar-refractivity contribution is 4.75. The van der Waals surface area contributed by atoms with Crippen molar-refractivity contribution in [3.8, 4) is 0 Å². The normalized spacial score (nSPS) is 30.8. The van der Waals surface area contributed by atoms with Gasteiger partial charge in [0.2, 0.25) is 0 Å². The Morgan fingerprint density at radius 3 is 1.67 bits per heavy atom. The zero-order valence-electron chi connectivity index (χ0n) is 9.43. The summed E-state index contributed by atoms with van der Waals surface area (Å²) in [5.74, 6) is 0. The standard InChI is InChI=1S/C8H17N.C3H8/c1-7-5-4-6-8(2)9(7)3;1-3-2/h7-8H,4-6H2,1-3H3;3H2,1-2H3. The highest BCUT2D eigenvalue weighted by Gasteiger charge is 2.19. The third-order valence-corrected chi connectivity index (χ3v) is 2.63. The lowest BCUT2D eigenvalue weighted by Gasteiger charge is -2.35. The van der Waals surface area contributed by atoms with Crippen LogP contribution in [0.5, 0.6) is 0 Å². The summed E-state index contributed by atoms with van der Waals surface area (Å²) >= 11 is 0. The Morgan fingerprint density at radius 2 is 1.42 bits per heavy atom. The molecular weight excluding hydrogens is 146 g/mol. The molecule has 0 amide bonds. The molecule has 1 saturated heterocycles. The first-order valence-corrected chi connectivity index (χ1v) is 5.35. The lowest BCUT2D eigenvalue weighted by molar-refractivity contribution is 0.138. The van der Waals surface area contributed by atoms with Gasteiger partial charge in [0.1, 0.15) is 0 Å². The molecule has 12 heavy (non-hydrogen) atoms. The lowest BCUT2D eigenvalue weighted by Crippen LogP contribution is -2.40. The average molecular weight is 171 g/mol. The fraction of sp³-hybridized carbons (Fsp3) is 1.00. The van der Waals surface area contributed by atoms with Crippen molar-refractivity contribution in [2.75, 3.05) is 7.05 Å². The summed E-state index contributed by atoms with van der Waals surface area (Å²) in [7, 11) is 2.23. The second-order valence-corrected chi connectivity index (χ2v) is 4.00. The van der Waals surface area contributed by atoms with Crippen molar-refractivity contribution in [3.63, 3.8) is 0 Å². The van der Waals surface area contributed by atoms with E-state index >= 15 is 0 Å². The van der Waals surface area contributed by atoms with E-state index in [2.05, 4.69) is 39.6 Å².